The summed E-state index contributed by atoms with van der Waals surface area (Å²) >= 11 is 0. The Balaban J connectivity index is 0.000000156. The third kappa shape index (κ3) is 12.1. The van der Waals surface area contributed by atoms with Gasteiger partial charge in [0, 0.05) is 49.8 Å². The van der Waals surface area contributed by atoms with E-state index in [1.165, 1.54) is 53.5 Å². The maximum Gasteiger partial charge on any atom is 0.298 e. The number of piperidine rings is 2. The fourth-order valence-corrected chi connectivity index (χ4v) is 12.6. The molecule has 17 nitrogen and oxygen atoms in total. The van der Waals surface area contributed by atoms with Crippen LogP contribution in [0.4, 0.5) is 23.3 Å². The summed E-state index contributed by atoms with van der Waals surface area (Å²) in [5.74, 6) is 0.651. The third-order valence-electron chi connectivity index (χ3n) is 14.0. The Morgan fingerprint density at radius 3 is 1.70 bits per heavy atom. The molecule has 21 heteroatoms. The second-order valence-corrected chi connectivity index (χ2v) is 30.8. The Hall–Kier alpha value is -3.47. The molecule has 2 aromatic heterocycles. The molecule has 368 valence electrons. The van der Waals surface area contributed by atoms with Crippen LogP contribution in [-0.4, -0.2) is 113 Å². The molecule has 6 aliphatic rings. The molecule has 0 unspecified atom stereocenters. The molecule has 0 radical (unpaired) electrons. The van der Waals surface area contributed by atoms with E-state index in [2.05, 4.69) is 73.0 Å². The van der Waals surface area contributed by atoms with Crippen LogP contribution in [0.1, 0.15) is 110 Å². The van der Waals surface area contributed by atoms with Gasteiger partial charge in [-0.1, -0.05) is 31.8 Å². The van der Waals surface area contributed by atoms with E-state index in [0.717, 1.165) is 120 Å². The number of sulfonamides is 1. The van der Waals surface area contributed by atoms with E-state index in [9.17, 15) is 27.0 Å². The molecular weight excluding hydrogens is 932 g/mol. The number of aromatic amines is 1. The van der Waals surface area contributed by atoms with E-state index in [1.54, 1.807) is 6.92 Å². The summed E-state index contributed by atoms with van der Waals surface area (Å²) in [6.07, 6.45) is 15.7. The van der Waals surface area contributed by atoms with E-state index < -0.39 is 37.9 Å². The van der Waals surface area contributed by atoms with Crippen molar-refractivity contribution in [3.8, 4) is 0 Å². The molecule has 0 saturated carbocycles. The lowest BCUT2D eigenvalue weighted by atomic mass is 9.95. The highest BCUT2D eigenvalue weighted by molar-refractivity contribution is 8.13. The van der Waals surface area contributed by atoms with Crippen LogP contribution in [0, 0.1) is 0 Å². The Bertz CT molecular complexity index is 2580. The highest BCUT2D eigenvalue weighted by atomic mass is 35.7. The second kappa shape index (κ2) is 20.1. The van der Waals surface area contributed by atoms with Crippen LogP contribution >= 0.6 is 10.7 Å². The topological polar surface area (TPSA) is 230 Å². The number of benzene rings is 2. The van der Waals surface area contributed by atoms with E-state index in [4.69, 9.17) is 15.4 Å². The minimum atomic E-state index is -4.03. The number of H-pyrrole nitrogens is 1. The lowest BCUT2D eigenvalue weighted by molar-refractivity contribution is 0.0125. The van der Waals surface area contributed by atoms with E-state index in [-0.39, 0.29) is 30.6 Å². The van der Waals surface area contributed by atoms with Crippen LogP contribution in [0.25, 0.3) is 0 Å². The molecule has 4 aromatic rings. The quantitative estimate of drug-likeness (QED) is 0.0512. The third-order valence-corrected chi connectivity index (χ3v) is 18.5. The van der Waals surface area contributed by atoms with Crippen molar-refractivity contribution in [1.29, 1.82) is 0 Å². The van der Waals surface area contributed by atoms with E-state index in [0.29, 0.717) is 31.3 Å². The summed E-state index contributed by atoms with van der Waals surface area (Å²) < 4.78 is 58.2. The zero-order valence-electron chi connectivity index (χ0n) is 39.7. The fourth-order valence-electron chi connectivity index (χ4n) is 10.0. The van der Waals surface area contributed by atoms with Crippen molar-refractivity contribution in [2.45, 2.75) is 171 Å². The number of nitrogens with zero attached hydrogens (tertiary/aromatic N) is 6. The van der Waals surface area contributed by atoms with Gasteiger partial charge in [-0.05, 0) is 180 Å². The number of aryl methyl sites for hydroxylation is 4. The van der Waals surface area contributed by atoms with Crippen molar-refractivity contribution in [3.63, 3.8) is 0 Å². The summed E-state index contributed by atoms with van der Waals surface area (Å²) in [5, 5.41) is 39.7. The molecule has 0 amide bonds. The minimum Gasteiger partial charge on any atom is -0.390 e. The van der Waals surface area contributed by atoms with Crippen molar-refractivity contribution in [1.82, 2.24) is 39.6 Å². The average Bonchev–Trinajstić information content (AvgIpc) is 4.11. The predicted octanol–water partition coefficient (Wildman–Crippen LogP) is 6.42. The highest BCUT2D eigenvalue weighted by Gasteiger charge is 2.36. The molecule has 2 aliphatic heterocycles. The minimum absolute atomic E-state index is 0.128. The van der Waals surface area contributed by atoms with Crippen molar-refractivity contribution < 1.29 is 31.8 Å². The first kappa shape index (κ1) is 49.9. The first-order valence-corrected chi connectivity index (χ1v) is 31.5. The van der Waals surface area contributed by atoms with Crippen LogP contribution in [0.15, 0.2) is 22.4 Å². The fraction of sp³-hybridized carbons (Fsp3) is 0.652. The van der Waals surface area contributed by atoms with Gasteiger partial charge in [-0.2, -0.15) is 14.3 Å². The summed E-state index contributed by atoms with van der Waals surface area (Å²) in [7, 11) is -3.48. The highest BCUT2D eigenvalue weighted by Crippen LogP contribution is 2.41. The Labute approximate surface area is 401 Å². The van der Waals surface area contributed by atoms with Gasteiger partial charge in [0.15, 0.2) is 0 Å². The number of rotatable bonds is 12. The summed E-state index contributed by atoms with van der Waals surface area (Å²) in [5.41, 5.74) is 11.8. The number of hydrogen-bond donors (Lipinski definition) is 6. The lowest BCUT2D eigenvalue weighted by Gasteiger charge is -2.34. The number of hydrogen-bond acceptors (Lipinski definition) is 14. The summed E-state index contributed by atoms with van der Waals surface area (Å²) in [6.45, 7) is 13.7. The van der Waals surface area contributed by atoms with Crippen molar-refractivity contribution in [2.75, 3.05) is 43.4 Å². The molecular formula is C46H69ClN10O7S2Si. The number of fused-ring (bicyclic) bond motifs is 4. The van der Waals surface area contributed by atoms with Gasteiger partial charge < -0.3 is 30.9 Å². The average molecular weight is 1000 g/mol. The number of aromatic nitrogens is 6. The normalized spacial score (nSPS) is 19.6. The number of anilines is 4. The van der Waals surface area contributed by atoms with Crippen LogP contribution in [-0.2, 0) is 81.9 Å². The van der Waals surface area contributed by atoms with Gasteiger partial charge in [-0.15, -0.1) is 10.2 Å². The zero-order valence-corrected chi connectivity index (χ0v) is 43.1. The molecule has 6 N–H and O–H groups in total. The van der Waals surface area contributed by atoms with Crippen molar-refractivity contribution in [3.05, 3.63) is 56.6 Å². The smallest absolute Gasteiger partial charge is 0.298 e. The Morgan fingerprint density at radius 1 is 0.746 bits per heavy atom. The van der Waals surface area contributed by atoms with E-state index in [1.807, 2.05) is 6.92 Å². The van der Waals surface area contributed by atoms with Gasteiger partial charge >= 0.3 is 0 Å². The maximum absolute atomic E-state index is 12.9. The lowest BCUT2D eigenvalue weighted by Crippen LogP contribution is -2.45. The molecule has 0 atom stereocenters. The SMILES string of the molecule is CC1(O)CCN(S(=O)(=O)c2nc(Nc3c4c(cc5c3CCC5)CCC4)n[nH]2)CC1.CC1(O)CCNCC1.C[Si](C)(C)CCOCn1nc(S(=O)(=O)Cl)nc1Nc1c2c(cc3c1CCC3)CCC2. The number of ether oxygens (including phenoxy) is 1. The number of nitrogens with one attached hydrogen (secondary N) is 4. The van der Waals surface area contributed by atoms with Gasteiger partial charge in [-0.25, -0.2) is 26.6 Å². The summed E-state index contributed by atoms with van der Waals surface area (Å²) in [4.78, 5) is 8.47. The first-order valence-electron chi connectivity index (χ1n) is 24.1. The first-order chi connectivity index (χ1) is 31.7. The predicted molar refractivity (Wildman–Crippen MR) is 262 cm³/mol. The Kier molecular flexibility index (Phi) is 15.0. The largest absolute Gasteiger partial charge is 0.390 e. The zero-order chi connectivity index (χ0) is 47.8. The van der Waals surface area contributed by atoms with Crippen LogP contribution in [0.5, 0.6) is 0 Å². The van der Waals surface area contributed by atoms with E-state index >= 15 is 0 Å². The van der Waals surface area contributed by atoms with Gasteiger partial charge in [0.05, 0.1) is 11.2 Å². The van der Waals surface area contributed by atoms with Crippen molar-refractivity contribution in [2.24, 2.45) is 0 Å². The molecule has 0 bridgehead atoms. The van der Waals surface area contributed by atoms with Crippen LogP contribution < -0.4 is 16.0 Å². The molecule has 2 saturated heterocycles. The standard InChI is InChI=1S/C20H29ClN4O3SSi.C20H27N5O3S.C6H13NO/c1-30(2,3)11-10-28-13-25-19(23-20(24-25)29(21,26)27)22-18-16-8-4-6-14(16)12-15-7-5-9-17(15)18;1-20(26)8-10-25(11-9-20)29(27,28)19-22-18(23-24-19)21-17-15-6-2-4-13(15)12-14-5-3-7-16(14)17;1-6(8)2-4-7-5-3-6/h12H,4-11,13H2,1-3H3,(H,22,23,24);12,26H,2-11H2,1H3,(H2,21,22,23,24);7-8H,2-5H2,1H3. The Morgan fingerprint density at radius 2 is 1.24 bits per heavy atom. The maximum atomic E-state index is 12.9. The molecule has 2 aromatic carbocycles. The molecule has 0 spiro atoms. The van der Waals surface area contributed by atoms with Crippen LogP contribution in [0.3, 0.4) is 0 Å². The second-order valence-electron chi connectivity index (χ2n) is 20.8. The molecule has 2 fully saturated rings. The van der Waals surface area contributed by atoms with Gasteiger partial charge in [-0.3, -0.25) is 0 Å². The summed E-state index contributed by atoms with van der Waals surface area (Å²) in [6, 6.07) is 5.73. The van der Waals surface area contributed by atoms with Crippen molar-refractivity contribution >= 4 is 61.1 Å². The van der Waals surface area contributed by atoms with Gasteiger partial charge in [0.2, 0.25) is 11.9 Å². The van der Waals surface area contributed by atoms with Gasteiger partial charge in [0.1, 0.15) is 6.73 Å². The molecule has 4 aliphatic carbocycles. The number of aliphatic hydroxyl groups is 2. The number of halogens is 1. The van der Waals surface area contributed by atoms with Gasteiger partial charge in [0.25, 0.3) is 29.4 Å². The van der Waals surface area contributed by atoms with Crippen LogP contribution in [0.2, 0.25) is 25.7 Å². The molecule has 10 rings (SSSR count). The molecule has 4 heterocycles. The monoisotopic (exact) mass is 1000 g/mol. The molecule has 67 heavy (non-hydrogen) atoms.